The normalized spacial score (nSPS) is 12.6. The third-order valence-corrected chi connectivity index (χ3v) is 5.21. The molecule has 1 aromatic heterocycles. The molecular formula is C19H18FN3O3S. The molecule has 3 aromatic rings. The van der Waals surface area contributed by atoms with Crippen molar-refractivity contribution < 1.29 is 17.6 Å². The van der Waals surface area contributed by atoms with Crippen LogP contribution in [0.4, 0.5) is 4.39 Å². The van der Waals surface area contributed by atoms with Crippen LogP contribution in [0.3, 0.4) is 0 Å². The van der Waals surface area contributed by atoms with Crippen molar-refractivity contribution >= 4 is 15.7 Å². The van der Waals surface area contributed by atoms with E-state index in [2.05, 4.69) is 10.3 Å². The van der Waals surface area contributed by atoms with E-state index in [0.717, 1.165) is 6.26 Å². The zero-order valence-corrected chi connectivity index (χ0v) is 15.6. The first-order valence-corrected chi connectivity index (χ1v) is 9.98. The van der Waals surface area contributed by atoms with Gasteiger partial charge in [0, 0.05) is 31.3 Å². The lowest BCUT2D eigenvalue weighted by Gasteiger charge is -2.19. The molecule has 0 radical (unpaired) electrons. The predicted octanol–water partition coefficient (Wildman–Crippen LogP) is 2.48. The number of nitrogens with one attached hydrogen (secondary N) is 1. The van der Waals surface area contributed by atoms with Crippen LogP contribution in [-0.4, -0.2) is 30.1 Å². The molecule has 1 N–H and O–H groups in total. The van der Waals surface area contributed by atoms with Crippen molar-refractivity contribution in [3.63, 3.8) is 0 Å². The third kappa shape index (κ3) is 4.22. The van der Waals surface area contributed by atoms with E-state index in [1.165, 1.54) is 36.4 Å². The molecular weight excluding hydrogens is 369 g/mol. The van der Waals surface area contributed by atoms with Gasteiger partial charge in [-0.25, -0.2) is 17.8 Å². The van der Waals surface area contributed by atoms with E-state index >= 15 is 0 Å². The Bertz CT molecular complexity index is 1090. The number of amides is 1. The lowest BCUT2D eigenvalue weighted by atomic mass is 10.0. The molecule has 1 amide bonds. The van der Waals surface area contributed by atoms with Crippen LogP contribution in [-0.2, 0) is 16.9 Å². The molecule has 6 nitrogen and oxygen atoms in total. The maximum atomic E-state index is 13.7. The number of hydrogen-bond donors (Lipinski definition) is 1. The van der Waals surface area contributed by atoms with Crippen LogP contribution >= 0.6 is 0 Å². The summed E-state index contributed by atoms with van der Waals surface area (Å²) in [4.78, 5) is 17.1. The van der Waals surface area contributed by atoms with Gasteiger partial charge in [-0.05, 0) is 35.9 Å². The maximum absolute atomic E-state index is 13.7. The molecule has 1 unspecified atom stereocenters. The minimum Gasteiger partial charge on any atom is -0.338 e. The minimum atomic E-state index is -3.44. The van der Waals surface area contributed by atoms with Gasteiger partial charge in [0.05, 0.1) is 4.90 Å². The first-order valence-electron chi connectivity index (χ1n) is 8.09. The summed E-state index contributed by atoms with van der Waals surface area (Å²) in [5, 5.41) is 2.81. The summed E-state index contributed by atoms with van der Waals surface area (Å²) in [6.07, 6.45) is 4.38. The highest BCUT2D eigenvalue weighted by atomic mass is 32.2. The molecule has 0 aliphatic carbocycles. The first-order chi connectivity index (χ1) is 12.8. The number of rotatable bonds is 5. The van der Waals surface area contributed by atoms with Gasteiger partial charge in [-0.1, -0.05) is 18.2 Å². The van der Waals surface area contributed by atoms with E-state index in [4.69, 9.17) is 0 Å². The van der Waals surface area contributed by atoms with Crippen LogP contribution in [0.25, 0.3) is 0 Å². The average molecular weight is 387 g/mol. The number of nitrogens with zero attached hydrogens (tertiary/aromatic N) is 2. The molecule has 0 aliphatic rings. The van der Waals surface area contributed by atoms with E-state index in [0.29, 0.717) is 11.4 Å². The minimum absolute atomic E-state index is 0.0504. The highest BCUT2D eigenvalue weighted by Crippen LogP contribution is 2.22. The van der Waals surface area contributed by atoms with Crippen molar-refractivity contribution in [2.24, 2.45) is 7.05 Å². The van der Waals surface area contributed by atoms with E-state index in [1.807, 2.05) is 0 Å². The van der Waals surface area contributed by atoms with Crippen molar-refractivity contribution in [1.82, 2.24) is 14.9 Å². The summed E-state index contributed by atoms with van der Waals surface area (Å²) in [6, 6.07) is 10.9. The van der Waals surface area contributed by atoms with Crippen molar-refractivity contribution in [1.29, 1.82) is 0 Å². The fourth-order valence-electron chi connectivity index (χ4n) is 2.72. The third-order valence-electron chi connectivity index (χ3n) is 4.10. The molecule has 1 atom stereocenters. The Kier molecular flexibility index (Phi) is 5.09. The lowest BCUT2D eigenvalue weighted by molar-refractivity contribution is 0.0941. The van der Waals surface area contributed by atoms with Crippen molar-refractivity contribution in [3.8, 4) is 0 Å². The summed E-state index contributed by atoms with van der Waals surface area (Å²) < 4.78 is 38.9. The molecule has 0 fully saturated rings. The Morgan fingerprint density at radius 1 is 1.19 bits per heavy atom. The monoisotopic (exact) mass is 387 g/mol. The van der Waals surface area contributed by atoms with Gasteiger partial charge < -0.3 is 9.88 Å². The highest BCUT2D eigenvalue weighted by molar-refractivity contribution is 7.90. The number of aryl methyl sites for hydroxylation is 1. The fourth-order valence-corrected chi connectivity index (χ4v) is 3.39. The molecule has 27 heavy (non-hydrogen) atoms. The van der Waals surface area contributed by atoms with Crippen LogP contribution in [0.15, 0.2) is 65.8 Å². The lowest BCUT2D eigenvalue weighted by Crippen LogP contribution is -2.31. The zero-order valence-electron chi connectivity index (χ0n) is 14.8. The molecule has 8 heteroatoms. The highest BCUT2D eigenvalue weighted by Gasteiger charge is 2.22. The van der Waals surface area contributed by atoms with Gasteiger partial charge in [0.1, 0.15) is 17.7 Å². The SMILES string of the molecule is Cn1ccnc1C(NC(=O)c1cccc(S(C)(=O)=O)c1)c1cccc(F)c1. The number of aromatic nitrogens is 2. The number of hydrogen-bond acceptors (Lipinski definition) is 4. The largest absolute Gasteiger partial charge is 0.338 e. The van der Waals surface area contributed by atoms with Gasteiger partial charge in [-0.3, -0.25) is 4.79 Å². The smallest absolute Gasteiger partial charge is 0.252 e. The van der Waals surface area contributed by atoms with E-state index in [-0.39, 0.29) is 10.5 Å². The predicted molar refractivity (Wildman–Crippen MR) is 98.5 cm³/mol. The number of carbonyl (C=O) groups is 1. The zero-order chi connectivity index (χ0) is 19.6. The molecule has 3 rings (SSSR count). The molecule has 0 saturated heterocycles. The van der Waals surface area contributed by atoms with Crippen molar-refractivity contribution in [2.75, 3.05) is 6.26 Å². The van der Waals surface area contributed by atoms with Crippen LogP contribution in [0.2, 0.25) is 0 Å². The van der Waals surface area contributed by atoms with Crippen molar-refractivity contribution in [2.45, 2.75) is 10.9 Å². The molecule has 0 bridgehead atoms. The maximum Gasteiger partial charge on any atom is 0.252 e. The summed E-state index contributed by atoms with van der Waals surface area (Å²) in [6.45, 7) is 0. The Labute approximate surface area is 156 Å². The molecule has 0 aliphatic heterocycles. The summed E-state index contributed by atoms with van der Waals surface area (Å²) in [5.74, 6) is -0.397. The van der Waals surface area contributed by atoms with E-state index in [1.54, 1.807) is 36.1 Å². The Balaban J connectivity index is 1.98. The standard InChI is InChI=1S/C19H18FN3O3S/c1-23-10-9-21-18(23)17(13-5-3-7-15(20)11-13)22-19(24)14-6-4-8-16(12-14)27(2,25)26/h3-12,17H,1-2H3,(H,22,24). The average Bonchev–Trinajstić information content (AvgIpc) is 3.04. The van der Waals surface area contributed by atoms with E-state index in [9.17, 15) is 17.6 Å². The molecule has 1 heterocycles. The second-order valence-electron chi connectivity index (χ2n) is 6.16. The Hall–Kier alpha value is -3.00. The van der Waals surface area contributed by atoms with E-state index < -0.39 is 27.6 Å². The number of imidazole rings is 1. The van der Waals surface area contributed by atoms with Gasteiger partial charge >= 0.3 is 0 Å². The Morgan fingerprint density at radius 2 is 1.93 bits per heavy atom. The van der Waals surface area contributed by atoms with Gasteiger partial charge in [0.2, 0.25) is 0 Å². The molecule has 2 aromatic carbocycles. The van der Waals surface area contributed by atoms with Gasteiger partial charge in [-0.2, -0.15) is 0 Å². The number of benzene rings is 2. The second kappa shape index (κ2) is 7.32. The number of carbonyl (C=O) groups excluding carboxylic acids is 1. The summed E-state index contributed by atoms with van der Waals surface area (Å²) >= 11 is 0. The summed E-state index contributed by atoms with van der Waals surface area (Å²) in [5.41, 5.74) is 0.713. The molecule has 0 saturated carbocycles. The van der Waals surface area contributed by atoms with Crippen LogP contribution in [0, 0.1) is 5.82 Å². The number of halogens is 1. The Morgan fingerprint density at radius 3 is 2.56 bits per heavy atom. The first kappa shape index (κ1) is 18.8. The number of sulfone groups is 1. The van der Waals surface area contributed by atoms with Crippen LogP contribution in [0.5, 0.6) is 0 Å². The van der Waals surface area contributed by atoms with Crippen LogP contribution in [0.1, 0.15) is 27.8 Å². The quantitative estimate of drug-likeness (QED) is 0.729. The summed E-state index contributed by atoms with van der Waals surface area (Å²) in [7, 11) is -1.67. The molecule has 0 spiro atoms. The van der Waals surface area contributed by atoms with Crippen LogP contribution < -0.4 is 5.32 Å². The fraction of sp³-hybridized carbons (Fsp3) is 0.158. The van der Waals surface area contributed by atoms with Crippen molar-refractivity contribution in [3.05, 3.63) is 83.7 Å². The topological polar surface area (TPSA) is 81.1 Å². The molecule has 140 valence electrons. The second-order valence-corrected chi connectivity index (χ2v) is 8.17. The van der Waals surface area contributed by atoms with Gasteiger partial charge in [0.25, 0.3) is 5.91 Å². The van der Waals surface area contributed by atoms with Gasteiger partial charge in [0.15, 0.2) is 9.84 Å². The van der Waals surface area contributed by atoms with Gasteiger partial charge in [-0.15, -0.1) is 0 Å².